The Bertz CT molecular complexity index is 582. The van der Waals surface area contributed by atoms with Gasteiger partial charge >= 0.3 is 0 Å². The molecule has 4 nitrogen and oxygen atoms in total. The molecule has 0 unspecified atom stereocenters. The van der Waals surface area contributed by atoms with Gasteiger partial charge in [-0.3, -0.25) is 4.98 Å². The van der Waals surface area contributed by atoms with Crippen molar-refractivity contribution >= 4 is 0 Å². The van der Waals surface area contributed by atoms with Crippen molar-refractivity contribution in [2.24, 2.45) is 5.92 Å². The highest BCUT2D eigenvalue weighted by molar-refractivity contribution is 5.38. The minimum absolute atomic E-state index is 0.617. The lowest BCUT2D eigenvalue weighted by Gasteiger charge is -2.15. The van der Waals surface area contributed by atoms with E-state index in [4.69, 9.17) is 4.74 Å². The van der Waals surface area contributed by atoms with Crippen LogP contribution in [0.5, 0.6) is 11.6 Å². The van der Waals surface area contributed by atoms with E-state index in [2.05, 4.69) is 42.1 Å². The summed E-state index contributed by atoms with van der Waals surface area (Å²) in [4.78, 5) is 8.61. The molecule has 0 aromatic carbocycles. The number of nitrogens with zero attached hydrogens (tertiary/aromatic N) is 2. The summed E-state index contributed by atoms with van der Waals surface area (Å²) < 4.78 is 5.92. The molecule has 2 heterocycles. The summed E-state index contributed by atoms with van der Waals surface area (Å²) in [7, 11) is 0. The smallest absolute Gasteiger partial charge is 0.224 e. The van der Waals surface area contributed by atoms with Gasteiger partial charge in [-0.15, -0.1) is 0 Å². The van der Waals surface area contributed by atoms with Gasteiger partial charge in [0, 0.05) is 24.0 Å². The first-order valence-electron chi connectivity index (χ1n) is 7.32. The van der Waals surface area contributed by atoms with E-state index in [0.717, 1.165) is 24.3 Å². The second kappa shape index (κ2) is 7.18. The van der Waals surface area contributed by atoms with Gasteiger partial charge in [0.1, 0.15) is 5.75 Å². The molecule has 0 amide bonds. The third kappa shape index (κ3) is 4.53. The van der Waals surface area contributed by atoms with Gasteiger partial charge < -0.3 is 10.1 Å². The lowest BCUT2D eigenvalue weighted by atomic mass is 10.1. The zero-order valence-corrected chi connectivity index (χ0v) is 13.2. The molecule has 0 aliphatic rings. The fourth-order valence-corrected chi connectivity index (χ4v) is 2.13. The Balaban J connectivity index is 2.21. The standard InChI is InChI=1S/C17H23N3O/c1-12(2)9-19-11-16-13(3)8-14(4)20-17(16)21-15-6-5-7-18-10-15/h5-8,10,12,19H,9,11H2,1-4H3. The Morgan fingerprint density at radius 2 is 2.10 bits per heavy atom. The van der Waals surface area contributed by atoms with E-state index < -0.39 is 0 Å². The van der Waals surface area contributed by atoms with Gasteiger partial charge in [-0.25, -0.2) is 4.98 Å². The molecule has 2 aromatic rings. The summed E-state index contributed by atoms with van der Waals surface area (Å²) in [6.45, 7) is 10.2. The largest absolute Gasteiger partial charge is 0.437 e. The van der Waals surface area contributed by atoms with Crippen molar-refractivity contribution in [3.8, 4) is 11.6 Å². The summed E-state index contributed by atoms with van der Waals surface area (Å²) >= 11 is 0. The highest BCUT2D eigenvalue weighted by Gasteiger charge is 2.11. The third-order valence-corrected chi connectivity index (χ3v) is 3.14. The number of pyridine rings is 2. The van der Waals surface area contributed by atoms with Crippen molar-refractivity contribution in [1.82, 2.24) is 15.3 Å². The summed E-state index contributed by atoms with van der Waals surface area (Å²) in [6, 6.07) is 5.83. The molecule has 0 atom stereocenters. The van der Waals surface area contributed by atoms with E-state index in [-0.39, 0.29) is 0 Å². The van der Waals surface area contributed by atoms with Crippen LogP contribution in [0.25, 0.3) is 0 Å². The topological polar surface area (TPSA) is 47.0 Å². The van der Waals surface area contributed by atoms with Gasteiger partial charge in [0.15, 0.2) is 0 Å². The molecule has 2 aromatic heterocycles. The van der Waals surface area contributed by atoms with Gasteiger partial charge in [0.05, 0.1) is 6.20 Å². The summed E-state index contributed by atoms with van der Waals surface area (Å²) in [6.07, 6.45) is 3.43. The highest BCUT2D eigenvalue weighted by atomic mass is 16.5. The second-order valence-electron chi connectivity index (χ2n) is 5.68. The molecule has 0 saturated heterocycles. The maximum atomic E-state index is 5.92. The number of hydrogen-bond acceptors (Lipinski definition) is 4. The van der Waals surface area contributed by atoms with Crippen LogP contribution < -0.4 is 10.1 Å². The van der Waals surface area contributed by atoms with E-state index in [0.29, 0.717) is 17.5 Å². The van der Waals surface area contributed by atoms with E-state index >= 15 is 0 Å². The predicted octanol–water partition coefficient (Wildman–Crippen LogP) is 3.63. The SMILES string of the molecule is Cc1cc(C)c(CNCC(C)C)c(Oc2cccnc2)n1. The van der Waals surface area contributed by atoms with Gasteiger partial charge in [-0.05, 0) is 50.1 Å². The monoisotopic (exact) mass is 285 g/mol. The van der Waals surface area contributed by atoms with Crippen molar-refractivity contribution in [2.45, 2.75) is 34.2 Å². The Hall–Kier alpha value is -1.94. The van der Waals surface area contributed by atoms with Crippen molar-refractivity contribution in [3.05, 3.63) is 47.4 Å². The molecule has 1 N–H and O–H groups in total. The quantitative estimate of drug-likeness (QED) is 0.880. The lowest BCUT2D eigenvalue weighted by molar-refractivity contribution is 0.446. The van der Waals surface area contributed by atoms with Crippen molar-refractivity contribution in [3.63, 3.8) is 0 Å². The highest BCUT2D eigenvalue weighted by Crippen LogP contribution is 2.25. The van der Waals surface area contributed by atoms with Gasteiger partial charge in [0.2, 0.25) is 5.88 Å². The predicted molar refractivity (Wildman–Crippen MR) is 84.6 cm³/mol. The van der Waals surface area contributed by atoms with Crippen molar-refractivity contribution in [2.75, 3.05) is 6.54 Å². The molecule has 0 aliphatic heterocycles. The van der Waals surface area contributed by atoms with Crippen LogP contribution in [-0.2, 0) is 6.54 Å². The van der Waals surface area contributed by atoms with Gasteiger partial charge in [-0.1, -0.05) is 13.8 Å². The number of rotatable bonds is 6. The summed E-state index contributed by atoms with van der Waals surface area (Å²) in [5.74, 6) is 1.99. The van der Waals surface area contributed by atoms with Crippen LogP contribution in [0.3, 0.4) is 0 Å². The molecule has 0 bridgehead atoms. The molecule has 21 heavy (non-hydrogen) atoms. The number of aromatic nitrogens is 2. The van der Waals surface area contributed by atoms with Gasteiger partial charge in [0.25, 0.3) is 0 Å². The zero-order valence-electron chi connectivity index (χ0n) is 13.2. The maximum Gasteiger partial charge on any atom is 0.224 e. The minimum Gasteiger partial charge on any atom is -0.437 e. The first kappa shape index (κ1) is 15.4. The Morgan fingerprint density at radius 3 is 2.76 bits per heavy atom. The molecule has 4 heteroatoms. The lowest BCUT2D eigenvalue weighted by Crippen LogP contribution is -2.20. The van der Waals surface area contributed by atoms with E-state index in [9.17, 15) is 0 Å². The Labute approximate surface area is 126 Å². The van der Waals surface area contributed by atoms with E-state index in [1.54, 1.807) is 12.4 Å². The molecule has 0 fully saturated rings. The number of ether oxygens (including phenoxy) is 1. The average molecular weight is 285 g/mol. The fourth-order valence-electron chi connectivity index (χ4n) is 2.13. The number of aryl methyl sites for hydroxylation is 2. The summed E-state index contributed by atoms with van der Waals surface area (Å²) in [5, 5.41) is 3.45. The number of hydrogen-bond donors (Lipinski definition) is 1. The van der Waals surface area contributed by atoms with Crippen LogP contribution in [0.4, 0.5) is 0 Å². The van der Waals surface area contributed by atoms with Crippen LogP contribution in [0, 0.1) is 19.8 Å². The summed E-state index contributed by atoms with van der Waals surface area (Å²) in [5.41, 5.74) is 3.25. The van der Waals surface area contributed by atoms with Crippen molar-refractivity contribution in [1.29, 1.82) is 0 Å². The molecule has 0 spiro atoms. The third-order valence-electron chi connectivity index (χ3n) is 3.14. The molecule has 0 radical (unpaired) electrons. The average Bonchev–Trinajstić information content (AvgIpc) is 2.42. The second-order valence-corrected chi connectivity index (χ2v) is 5.68. The molecular formula is C17H23N3O. The normalized spacial score (nSPS) is 10.9. The molecule has 0 aliphatic carbocycles. The molecule has 2 rings (SSSR count). The molecular weight excluding hydrogens is 262 g/mol. The van der Waals surface area contributed by atoms with Gasteiger partial charge in [-0.2, -0.15) is 0 Å². The number of nitrogens with one attached hydrogen (secondary N) is 1. The zero-order chi connectivity index (χ0) is 15.2. The molecule has 112 valence electrons. The van der Waals surface area contributed by atoms with Crippen LogP contribution in [-0.4, -0.2) is 16.5 Å². The first-order valence-corrected chi connectivity index (χ1v) is 7.32. The van der Waals surface area contributed by atoms with Crippen LogP contribution >= 0.6 is 0 Å². The van der Waals surface area contributed by atoms with Crippen LogP contribution in [0.2, 0.25) is 0 Å². The first-order chi connectivity index (χ1) is 10.1. The van der Waals surface area contributed by atoms with E-state index in [1.807, 2.05) is 19.1 Å². The molecule has 0 saturated carbocycles. The van der Waals surface area contributed by atoms with Crippen LogP contribution in [0.15, 0.2) is 30.6 Å². The fraction of sp³-hybridized carbons (Fsp3) is 0.412. The minimum atomic E-state index is 0.617. The van der Waals surface area contributed by atoms with Crippen molar-refractivity contribution < 1.29 is 4.74 Å². The Kier molecular flexibility index (Phi) is 5.28. The maximum absolute atomic E-state index is 5.92. The van der Waals surface area contributed by atoms with Crippen LogP contribution in [0.1, 0.15) is 30.7 Å². The Morgan fingerprint density at radius 1 is 1.29 bits per heavy atom. The van der Waals surface area contributed by atoms with E-state index in [1.165, 1.54) is 5.56 Å².